The predicted octanol–water partition coefficient (Wildman–Crippen LogP) is 3.36. The monoisotopic (exact) mass is 410 g/mol. The number of amides is 1. The number of carbonyl (C=O) groups is 2. The molecule has 1 amide bonds. The van der Waals surface area contributed by atoms with E-state index < -0.39 is 22.7 Å². The number of carbonyl (C=O) groups excluding carboxylic acids is 2. The molecule has 156 valence electrons. The third kappa shape index (κ3) is 4.08. The van der Waals surface area contributed by atoms with E-state index in [1.807, 2.05) is 6.92 Å². The lowest BCUT2D eigenvalue weighted by Crippen LogP contribution is -2.31. The van der Waals surface area contributed by atoms with Crippen molar-refractivity contribution in [2.45, 2.75) is 19.4 Å². The van der Waals surface area contributed by atoms with Crippen LogP contribution in [0.1, 0.15) is 29.2 Å². The number of nitrogens with zero attached hydrogens (tertiary/aromatic N) is 2. The van der Waals surface area contributed by atoms with Gasteiger partial charge in [-0.15, -0.1) is 0 Å². The fraction of sp³-hybridized carbons (Fsp3) is 0.273. The first kappa shape index (κ1) is 21.2. The molecule has 3 rings (SSSR count). The Morgan fingerprint density at radius 2 is 1.90 bits per heavy atom. The number of likely N-dealkylation sites (tertiary alicyclic amines) is 1. The Morgan fingerprint density at radius 3 is 2.53 bits per heavy atom. The van der Waals surface area contributed by atoms with Gasteiger partial charge in [0.05, 0.1) is 16.5 Å². The fourth-order valence-electron chi connectivity index (χ4n) is 3.51. The highest BCUT2D eigenvalue weighted by Crippen LogP contribution is 2.40. The Kier molecular flexibility index (Phi) is 6.27. The van der Waals surface area contributed by atoms with Crippen molar-refractivity contribution < 1.29 is 24.4 Å². The summed E-state index contributed by atoms with van der Waals surface area (Å²) in [6.07, 6.45) is 0.472. The van der Waals surface area contributed by atoms with E-state index in [-0.39, 0.29) is 23.6 Å². The fourth-order valence-corrected chi connectivity index (χ4v) is 3.51. The van der Waals surface area contributed by atoms with Crippen LogP contribution < -0.4 is 0 Å². The molecule has 8 heteroatoms. The smallest absolute Gasteiger partial charge is 0.295 e. The van der Waals surface area contributed by atoms with Gasteiger partial charge in [0.15, 0.2) is 0 Å². The van der Waals surface area contributed by atoms with Crippen molar-refractivity contribution in [1.29, 1.82) is 0 Å². The molecule has 0 spiro atoms. The maximum Gasteiger partial charge on any atom is 0.295 e. The Bertz CT molecular complexity index is 1010. The number of nitro groups is 1. The number of aryl methyl sites for hydroxylation is 1. The van der Waals surface area contributed by atoms with Crippen LogP contribution in [0.5, 0.6) is 0 Å². The first-order chi connectivity index (χ1) is 14.3. The summed E-state index contributed by atoms with van der Waals surface area (Å²) in [5, 5.41) is 22.2. The van der Waals surface area contributed by atoms with E-state index >= 15 is 0 Å². The lowest BCUT2D eigenvalue weighted by Gasteiger charge is -2.25. The Balaban J connectivity index is 2.15. The van der Waals surface area contributed by atoms with Crippen molar-refractivity contribution in [2.75, 3.05) is 20.3 Å². The molecule has 2 aromatic rings. The summed E-state index contributed by atoms with van der Waals surface area (Å²) >= 11 is 0. The second-order valence-corrected chi connectivity index (χ2v) is 7.06. The molecule has 1 atom stereocenters. The Morgan fingerprint density at radius 1 is 1.20 bits per heavy atom. The van der Waals surface area contributed by atoms with Gasteiger partial charge >= 0.3 is 0 Å². The Hall–Kier alpha value is -3.52. The number of rotatable bonds is 7. The molecule has 1 aliphatic heterocycles. The van der Waals surface area contributed by atoms with Gasteiger partial charge in [-0.2, -0.15) is 0 Å². The summed E-state index contributed by atoms with van der Waals surface area (Å²) < 4.78 is 5.04. The summed E-state index contributed by atoms with van der Waals surface area (Å²) in [4.78, 5) is 37.6. The first-order valence-corrected chi connectivity index (χ1v) is 9.44. The molecule has 1 N–H and O–H groups in total. The van der Waals surface area contributed by atoms with Gasteiger partial charge in [0.1, 0.15) is 5.76 Å². The standard InChI is InChI=1S/C22H22N2O6/c1-14-7-9-15(10-8-14)20(25)18-19(16-5-3-6-17(13-16)24(28)29)23(11-4-12-30-2)22(27)21(18)26/h3,5-10,13,19,25H,4,11-12H2,1-2H3/b20-18+/t19-/m1/s1. The molecule has 1 fully saturated rings. The van der Waals surface area contributed by atoms with Gasteiger partial charge in [-0.25, -0.2) is 0 Å². The maximum absolute atomic E-state index is 12.9. The SMILES string of the molecule is COCCCN1C(=O)C(=O)/C(=C(/O)c2ccc(C)cc2)[C@H]1c1cccc([N+](=O)[O-])c1. The minimum absolute atomic E-state index is 0.0817. The van der Waals surface area contributed by atoms with Gasteiger partial charge < -0.3 is 14.7 Å². The van der Waals surface area contributed by atoms with Crippen LogP contribution in [0.25, 0.3) is 5.76 Å². The zero-order valence-corrected chi connectivity index (χ0v) is 16.7. The molecule has 0 unspecified atom stereocenters. The molecule has 1 saturated heterocycles. The van der Waals surface area contributed by atoms with Crippen molar-refractivity contribution in [3.8, 4) is 0 Å². The highest BCUT2D eigenvalue weighted by Gasteiger charge is 2.46. The average molecular weight is 410 g/mol. The molecule has 1 heterocycles. The van der Waals surface area contributed by atoms with Crippen LogP contribution in [0.4, 0.5) is 5.69 Å². The molecule has 0 bridgehead atoms. The average Bonchev–Trinajstić information content (AvgIpc) is 2.99. The van der Waals surface area contributed by atoms with Crippen LogP contribution in [0, 0.1) is 17.0 Å². The van der Waals surface area contributed by atoms with Crippen molar-refractivity contribution in [3.63, 3.8) is 0 Å². The molecule has 0 saturated carbocycles. The molecule has 0 radical (unpaired) electrons. The minimum atomic E-state index is -0.928. The van der Waals surface area contributed by atoms with Crippen molar-refractivity contribution in [2.24, 2.45) is 0 Å². The Labute approximate surface area is 173 Å². The van der Waals surface area contributed by atoms with Crippen molar-refractivity contribution >= 4 is 23.1 Å². The summed E-state index contributed by atoms with van der Waals surface area (Å²) in [6.45, 7) is 2.47. The van der Waals surface area contributed by atoms with E-state index in [9.17, 15) is 24.8 Å². The van der Waals surface area contributed by atoms with E-state index in [0.29, 0.717) is 24.2 Å². The molecular weight excluding hydrogens is 388 g/mol. The van der Waals surface area contributed by atoms with Crippen LogP contribution in [-0.2, 0) is 14.3 Å². The van der Waals surface area contributed by atoms with Crippen LogP contribution >= 0.6 is 0 Å². The van der Waals surface area contributed by atoms with Crippen molar-refractivity contribution in [3.05, 3.63) is 80.9 Å². The number of Topliss-reactive ketones (excluding diaryl/α,β-unsaturated/α-hetero) is 1. The normalized spacial score (nSPS) is 18.1. The van der Waals surface area contributed by atoms with Crippen LogP contribution in [0.2, 0.25) is 0 Å². The van der Waals surface area contributed by atoms with Crippen LogP contribution in [0.15, 0.2) is 54.1 Å². The maximum atomic E-state index is 12.9. The third-order valence-electron chi connectivity index (χ3n) is 5.01. The topological polar surface area (TPSA) is 110 Å². The summed E-state index contributed by atoms with van der Waals surface area (Å²) in [7, 11) is 1.53. The lowest BCUT2D eigenvalue weighted by molar-refractivity contribution is -0.384. The van der Waals surface area contributed by atoms with E-state index in [1.165, 1.54) is 30.2 Å². The minimum Gasteiger partial charge on any atom is -0.507 e. The number of non-ortho nitro benzene ring substituents is 1. The molecule has 2 aromatic carbocycles. The molecule has 1 aliphatic rings. The van der Waals surface area contributed by atoms with Gasteiger partial charge in [-0.1, -0.05) is 42.0 Å². The zero-order valence-electron chi connectivity index (χ0n) is 16.7. The number of ketones is 1. The van der Waals surface area contributed by atoms with E-state index in [0.717, 1.165) is 5.56 Å². The number of ether oxygens (including phenoxy) is 1. The lowest BCUT2D eigenvalue weighted by atomic mass is 9.94. The van der Waals surface area contributed by atoms with Crippen molar-refractivity contribution in [1.82, 2.24) is 4.90 Å². The summed E-state index contributed by atoms with van der Waals surface area (Å²) in [5.41, 5.74) is 1.51. The molecule has 8 nitrogen and oxygen atoms in total. The number of benzene rings is 2. The number of methoxy groups -OCH3 is 1. The summed E-state index contributed by atoms with van der Waals surface area (Å²) in [6, 6.07) is 11.7. The van der Waals surface area contributed by atoms with Gasteiger partial charge in [-0.05, 0) is 18.9 Å². The highest BCUT2D eigenvalue weighted by atomic mass is 16.6. The quantitative estimate of drug-likeness (QED) is 0.187. The van der Waals surface area contributed by atoms with Crippen LogP contribution in [-0.4, -0.2) is 46.9 Å². The molecule has 0 aliphatic carbocycles. The second kappa shape index (κ2) is 8.87. The predicted molar refractivity (Wildman–Crippen MR) is 110 cm³/mol. The summed E-state index contributed by atoms with van der Waals surface area (Å²) in [5.74, 6) is -1.88. The number of hydrogen-bond acceptors (Lipinski definition) is 6. The first-order valence-electron chi connectivity index (χ1n) is 9.44. The number of hydrogen-bond donors (Lipinski definition) is 1. The largest absolute Gasteiger partial charge is 0.507 e. The zero-order chi connectivity index (χ0) is 21.8. The van der Waals surface area contributed by atoms with E-state index in [1.54, 1.807) is 30.3 Å². The molecule has 30 heavy (non-hydrogen) atoms. The van der Waals surface area contributed by atoms with Crippen LogP contribution in [0.3, 0.4) is 0 Å². The van der Waals surface area contributed by atoms with Gasteiger partial charge in [0.2, 0.25) is 0 Å². The highest BCUT2D eigenvalue weighted by molar-refractivity contribution is 6.46. The molecule has 0 aromatic heterocycles. The van der Waals surface area contributed by atoms with Gasteiger partial charge in [0.25, 0.3) is 17.4 Å². The second-order valence-electron chi connectivity index (χ2n) is 7.06. The number of nitro benzene ring substituents is 1. The number of aliphatic hydroxyl groups excluding tert-OH is 1. The van der Waals surface area contributed by atoms with E-state index in [4.69, 9.17) is 4.74 Å². The van der Waals surface area contributed by atoms with Gasteiger partial charge in [0, 0.05) is 38.0 Å². The third-order valence-corrected chi connectivity index (χ3v) is 5.01. The van der Waals surface area contributed by atoms with Gasteiger partial charge in [-0.3, -0.25) is 19.7 Å². The van der Waals surface area contributed by atoms with E-state index in [2.05, 4.69) is 0 Å². The molecular formula is C22H22N2O6. The number of aliphatic hydroxyl groups is 1.